The minimum absolute atomic E-state index is 0.0293. The number of fused-ring (bicyclic) bond motifs is 1. The van der Waals surface area contributed by atoms with Gasteiger partial charge in [0.15, 0.2) is 5.84 Å². The number of hydrogen-bond donors (Lipinski definition) is 0. The van der Waals surface area contributed by atoms with Crippen LogP contribution in [-0.2, 0) is 4.84 Å². The molecule has 6 nitrogen and oxygen atoms in total. The number of aromatic nitrogens is 2. The Hall–Kier alpha value is -3.35. The molecule has 1 aromatic carbocycles. The third kappa shape index (κ3) is 5.25. The van der Waals surface area contributed by atoms with Gasteiger partial charge in [0.1, 0.15) is 12.4 Å². The number of piperidine rings is 1. The second-order valence-electron chi connectivity index (χ2n) is 10.1. The Morgan fingerprint density at radius 1 is 1.28 bits per heavy atom. The number of amidine groups is 1. The number of rotatable bonds is 4. The molecule has 1 fully saturated rings. The van der Waals surface area contributed by atoms with Gasteiger partial charge in [0.25, 0.3) is 0 Å². The monoisotopic (exact) mass is 490 g/mol. The van der Waals surface area contributed by atoms with Crippen LogP contribution in [0.4, 0.5) is 4.39 Å². The lowest BCUT2D eigenvalue weighted by atomic mass is 9.80. The Balaban J connectivity index is 1.40. The lowest BCUT2D eigenvalue weighted by molar-refractivity contribution is 0.0922. The first kappa shape index (κ1) is 24.3. The maximum atomic E-state index is 14.0. The van der Waals surface area contributed by atoms with Gasteiger partial charge in [-0.15, -0.1) is 0 Å². The highest BCUT2D eigenvalue weighted by molar-refractivity contribution is 6.02. The van der Waals surface area contributed by atoms with Crippen molar-refractivity contribution in [3.8, 4) is 11.4 Å². The van der Waals surface area contributed by atoms with Crippen LogP contribution in [0.5, 0.6) is 5.75 Å². The van der Waals surface area contributed by atoms with Crippen molar-refractivity contribution < 1.29 is 14.0 Å². The molecule has 0 spiro atoms. The zero-order chi connectivity index (χ0) is 25.1. The van der Waals surface area contributed by atoms with E-state index in [1.54, 1.807) is 19.5 Å². The summed E-state index contributed by atoms with van der Waals surface area (Å²) in [5, 5.41) is 4.56. The Morgan fingerprint density at radius 2 is 2.17 bits per heavy atom. The van der Waals surface area contributed by atoms with Gasteiger partial charge in [0, 0.05) is 25.7 Å². The minimum Gasteiger partial charge on any atom is -0.495 e. The number of nitrogens with zero attached hydrogens (tertiary/aromatic N) is 4. The first-order valence-electron chi connectivity index (χ1n) is 12.9. The normalized spacial score (nSPS) is 27.2. The van der Waals surface area contributed by atoms with Gasteiger partial charge in [-0.2, -0.15) is 0 Å². The topological polar surface area (TPSA) is 51.9 Å². The molecule has 7 heteroatoms. The first-order chi connectivity index (χ1) is 17.5. The summed E-state index contributed by atoms with van der Waals surface area (Å²) in [4.78, 5) is 12.5. The van der Waals surface area contributed by atoms with Crippen molar-refractivity contribution in [2.24, 2.45) is 22.9 Å². The van der Waals surface area contributed by atoms with Crippen LogP contribution in [0.2, 0.25) is 0 Å². The predicted octanol–water partition coefficient (Wildman–Crippen LogP) is 6.08. The van der Waals surface area contributed by atoms with Crippen molar-refractivity contribution in [3.05, 3.63) is 71.6 Å². The summed E-state index contributed by atoms with van der Waals surface area (Å²) in [5.41, 5.74) is 4.15. The highest BCUT2D eigenvalue weighted by Crippen LogP contribution is 2.34. The maximum absolute atomic E-state index is 14.0. The summed E-state index contributed by atoms with van der Waals surface area (Å²) in [6.45, 7) is 6.52. The molecule has 1 saturated heterocycles. The van der Waals surface area contributed by atoms with Crippen molar-refractivity contribution in [1.29, 1.82) is 0 Å². The van der Waals surface area contributed by atoms with Crippen LogP contribution in [0.15, 0.2) is 65.5 Å². The van der Waals surface area contributed by atoms with Gasteiger partial charge >= 0.3 is 0 Å². The molecule has 0 amide bonds. The van der Waals surface area contributed by atoms with Gasteiger partial charge < -0.3 is 19.0 Å². The maximum Gasteiger partial charge on any atom is 0.171 e. The first-order valence-corrected chi connectivity index (χ1v) is 12.9. The number of aryl methyl sites for hydroxylation is 1. The Kier molecular flexibility index (Phi) is 7.25. The molecule has 1 aliphatic carbocycles. The summed E-state index contributed by atoms with van der Waals surface area (Å²) < 4.78 is 21.7. The average molecular weight is 491 g/mol. The lowest BCUT2D eigenvalue weighted by Gasteiger charge is -2.38. The van der Waals surface area contributed by atoms with Gasteiger partial charge in [-0.1, -0.05) is 30.3 Å². The molecule has 0 N–H and O–H groups in total. The Morgan fingerprint density at radius 3 is 2.97 bits per heavy atom. The molecule has 3 aliphatic rings. The molecule has 3 unspecified atom stereocenters. The van der Waals surface area contributed by atoms with Gasteiger partial charge in [-0.05, 0) is 79.4 Å². The predicted molar refractivity (Wildman–Crippen MR) is 141 cm³/mol. The van der Waals surface area contributed by atoms with Crippen molar-refractivity contribution >= 4 is 11.9 Å². The molecule has 5 rings (SSSR count). The van der Waals surface area contributed by atoms with Crippen LogP contribution < -0.4 is 4.74 Å². The summed E-state index contributed by atoms with van der Waals surface area (Å²) in [7, 11) is 1.69. The molecule has 36 heavy (non-hydrogen) atoms. The SMILES string of the molecule is COc1cc(/C=C2CCCN3CC(C4C=CCC(F)=CC4C)CCO\N=C\23)ccc1-n1cnc(C)c1. The largest absolute Gasteiger partial charge is 0.495 e. The number of imidazole rings is 1. The van der Waals surface area contributed by atoms with Gasteiger partial charge in [0.05, 0.1) is 30.6 Å². The van der Waals surface area contributed by atoms with E-state index in [0.29, 0.717) is 24.9 Å². The molecule has 3 atom stereocenters. The average Bonchev–Trinajstić information content (AvgIpc) is 3.20. The zero-order valence-corrected chi connectivity index (χ0v) is 21.4. The van der Waals surface area contributed by atoms with E-state index in [-0.39, 0.29) is 11.7 Å². The van der Waals surface area contributed by atoms with Crippen LogP contribution in [0.3, 0.4) is 0 Å². The number of methoxy groups -OCH3 is 1. The number of oxime groups is 1. The van der Waals surface area contributed by atoms with E-state index in [2.05, 4.69) is 52.3 Å². The lowest BCUT2D eigenvalue weighted by Crippen LogP contribution is -2.43. The number of halogens is 1. The van der Waals surface area contributed by atoms with Crippen molar-refractivity contribution in [2.45, 2.75) is 39.5 Å². The number of allylic oxidation sites excluding steroid dienone is 4. The highest BCUT2D eigenvalue weighted by atomic mass is 19.1. The standard InChI is InChI=1S/C29H35FN4O2/c1-20-14-25(30)7-4-8-26(20)24-11-13-36-32-29-23(6-5-12-33(29)18-24)15-22-9-10-27(28(16-22)35-3)34-17-21(2)31-19-34/h4,8-10,14-17,19-20,24,26H,5-7,11-13,18H2,1-3H3/b23-15+,32-29-. The van der Waals surface area contributed by atoms with E-state index in [0.717, 1.165) is 60.9 Å². The molecule has 0 radical (unpaired) electrons. The van der Waals surface area contributed by atoms with E-state index in [1.165, 1.54) is 5.57 Å². The Bertz CT molecular complexity index is 1210. The molecule has 2 aliphatic heterocycles. The molecule has 0 saturated carbocycles. The third-order valence-corrected chi connectivity index (χ3v) is 7.45. The number of benzene rings is 1. The summed E-state index contributed by atoms with van der Waals surface area (Å²) in [6, 6.07) is 6.22. The van der Waals surface area contributed by atoms with E-state index in [4.69, 9.17) is 9.57 Å². The highest BCUT2D eigenvalue weighted by Gasteiger charge is 2.32. The van der Waals surface area contributed by atoms with Crippen LogP contribution in [-0.4, -0.2) is 47.1 Å². The molecular weight excluding hydrogens is 455 g/mol. The van der Waals surface area contributed by atoms with Gasteiger partial charge in [-0.25, -0.2) is 9.37 Å². The van der Waals surface area contributed by atoms with Crippen LogP contribution >= 0.6 is 0 Å². The van der Waals surface area contributed by atoms with E-state index in [1.807, 2.05) is 23.8 Å². The van der Waals surface area contributed by atoms with Gasteiger partial charge in [0.2, 0.25) is 0 Å². The Labute approximate surface area is 212 Å². The number of hydrogen-bond acceptors (Lipinski definition) is 5. The quantitative estimate of drug-likeness (QED) is 0.487. The molecular formula is C29H35FN4O2. The van der Waals surface area contributed by atoms with E-state index < -0.39 is 0 Å². The van der Waals surface area contributed by atoms with Gasteiger partial charge in [-0.3, -0.25) is 0 Å². The van der Waals surface area contributed by atoms with Crippen molar-refractivity contribution in [3.63, 3.8) is 0 Å². The molecule has 3 heterocycles. The summed E-state index contributed by atoms with van der Waals surface area (Å²) in [6.07, 6.45) is 15.3. The van der Waals surface area contributed by atoms with Crippen LogP contribution in [0.1, 0.15) is 43.9 Å². The van der Waals surface area contributed by atoms with Crippen molar-refractivity contribution in [2.75, 3.05) is 26.8 Å². The fourth-order valence-corrected chi connectivity index (χ4v) is 5.63. The van der Waals surface area contributed by atoms with Crippen LogP contribution in [0.25, 0.3) is 11.8 Å². The fourth-order valence-electron chi connectivity index (χ4n) is 5.63. The van der Waals surface area contributed by atoms with Crippen molar-refractivity contribution in [1.82, 2.24) is 14.5 Å². The second kappa shape index (κ2) is 10.7. The molecule has 2 aromatic rings. The number of ether oxygens (including phenoxy) is 1. The minimum atomic E-state index is -0.0293. The summed E-state index contributed by atoms with van der Waals surface area (Å²) in [5.74, 6) is 2.52. The smallest absolute Gasteiger partial charge is 0.171 e. The van der Waals surface area contributed by atoms with E-state index >= 15 is 0 Å². The molecule has 0 bridgehead atoms. The molecule has 1 aromatic heterocycles. The fraction of sp³-hybridized carbons (Fsp3) is 0.448. The third-order valence-electron chi connectivity index (χ3n) is 7.45. The van der Waals surface area contributed by atoms with Crippen LogP contribution in [0, 0.1) is 24.7 Å². The second-order valence-corrected chi connectivity index (χ2v) is 10.1. The zero-order valence-electron chi connectivity index (χ0n) is 21.4. The summed E-state index contributed by atoms with van der Waals surface area (Å²) >= 11 is 0. The van der Waals surface area contributed by atoms with E-state index in [9.17, 15) is 4.39 Å². The molecule has 190 valence electrons.